The molecule has 0 radical (unpaired) electrons. The molecule has 0 aliphatic carbocycles. The van der Waals surface area contributed by atoms with Gasteiger partial charge in [0.05, 0.1) is 0 Å². The Morgan fingerprint density at radius 1 is 1.50 bits per heavy atom. The summed E-state index contributed by atoms with van der Waals surface area (Å²) in [5, 5.41) is 2.43. The first-order valence-corrected chi connectivity index (χ1v) is 7.37. The van der Waals surface area contributed by atoms with Crippen LogP contribution >= 0.6 is 0 Å². The predicted molar refractivity (Wildman–Crippen MR) is 73.9 cm³/mol. The zero-order valence-corrected chi connectivity index (χ0v) is 12.4. The number of hydrogen-bond donors (Lipinski definition) is 2. The number of carbonyl (C=O) groups is 1. The average molecular weight is 303 g/mol. The van der Waals surface area contributed by atoms with Gasteiger partial charge in [0, 0.05) is 32.2 Å². The number of anilines is 1. The summed E-state index contributed by atoms with van der Waals surface area (Å²) >= 11 is 0. The molecule has 0 spiro atoms. The minimum absolute atomic E-state index is 0.0498. The van der Waals surface area contributed by atoms with E-state index in [1.165, 1.54) is 20.2 Å². The molecule has 3 N–H and O–H groups in total. The first-order chi connectivity index (χ1) is 9.20. The molecule has 0 aromatic heterocycles. The highest BCUT2D eigenvalue weighted by atomic mass is 32.2. The van der Waals surface area contributed by atoms with Gasteiger partial charge in [-0.3, -0.25) is 4.79 Å². The van der Waals surface area contributed by atoms with E-state index < -0.39 is 26.7 Å². The predicted octanol–water partition coefficient (Wildman–Crippen LogP) is 0.411. The fourth-order valence-corrected chi connectivity index (χ4v) is 3.01. The van der Waals surface area contributed by atoms with Gasteiger partial charge in [-0.25, -0.2) is 17.1 Å². The SMILES string of the molecule is CNC(=O)C(C)CN(C)S(=O)(=O)c1ccc(N)cc1F. The molecule has 0 aliphatic heterocycles. The average Bonchev–Trinajstić information content (AvgIpc) is 2.36. The van der Waals surface area contributed by atoms with Gasteiger partial charge >= 0.3 is 0 Å². The highest BCUT2D eigenvalue weighted by Crippen LogP contribution is 2.21. The Balaban J connectivity index is 3.01. The third kappa shape index (κ3) is 3.45. The third-order valence-electron chi connectivity index (χ3n) is 2.87. The van der Waals surface area contributed by atoms with Crippen LogP contribution in [0.4, 0.5) is 10.1 Å². The van der Waals surface area contributed by atoms with Gasteiger partial charge in [0.15, 0.2) is 0 Å². The summed E-state index contributed by atoms with van der Waals surface area (Å²) in [7, 11) is -1.24. The molecule has 1 unspecified atom stereocenters. The maximum atomic E-state index is 13.7. The molecule has 1 aromatic rings. The number of halogens is 1. The fourth-order valence-electron chi connectivity index (χ4n) is 1.71. The van der Waals surface area contributed by atoms with Crippen molar-refractivity contribution in [3.63, 3.8) is 0 Å². The molecule has 0 heterocycles. The van der Waals surface area contributed by atoms with Crippen LogP contribution in [0.3, 0.4) is 0 Å². The summed E-state index contributed by atoms with van der Waals surface area (Å²) in [5.41, 5.74) is 5.53. The summed E-state index contributed by atoms with van der Waals surface area (Å²) < 4.78 is 39.1. The molecule has 1 atom stereocenters. The molecule has 112 valence electrons. The first-order valence-electron chi connectivity index (χ1n) is 5.93. The molecule has 20 heavy (non-hydrogen) atoms. The standard InChI is InChI=1S/C12H18FN3O3S/c1-8(12(17)15-2)7-16(3)20(18,19)11-5-4-9(14)6-10(11)13/h4-6,8H,7,14H2,1-3H3,(H,15,17). The second kappa shape index (κ2) is 6.19. The highest BCUT2D eigenvalue weighted by molar-refractivity contribution is 7.89. The Bertz CT molecular complexity index is 604. The second-order valence-corrected chi connectivity index (χ2v) is 6.50. The first kappa shape index (κ1) is 16.4. The van der Waals surface area contributed by atoms with Gasteiger partial charge in [0.2, 0.25) is 15.9 Å². The minimum Gasteiger partial charge on any atom is -0.399 e. The van der Waals surface area contributed by atoms with Gasteiger partial charge in [-0.15, -0.1) is 0 Å². The number of nitrogen functional groups attached to an aromatic ring is 1. The lowest BCUT2D eigenvalue weighted by Crippen LogP contribution is -2.37. The van der Waals surface area contributed by atoms with E-state index in [0.717, 1.165) is 16.4 Å². The molecule has 0 bridgehead atoms. The van der Waals surface area contributed by atoms with Crippen LogP contribution in [0.25, 0.3) is 0 Å². The lowest BCUT2D eigenvalue weighted by molar-refractivity contribution is -0.124. The number of nitrogens with two attached hydrogens (primary N) is 1. The topological polar surface area (TPSA) is 92.5 Å². The van der Waals surface area contributed by atoms with Gasteiger partial charge < -0.3 is 11.1 Å². The van der Waals surface area contributed by atoms with E-state index in [9.17, 15) is 17.6 Å². The Morgan fingerprint density at radius 3 is 2.60 bits per heavy atom. The van der Waals surface area contributed by atoms with Crippen molar-refractivity contribution in [1.29, 1.82) is 0 Å². The number of rotatable bonds is 5. The van der Waals surface area contributed by atoms with Crippen molar-refractivity contribution in [3.8, 4) is 0 Å². The van der Waals surface area contributed by atoms with Crippen LogP contribution in [0, 0.1) is 11.7 Å². The molecule has 1 aromatic carbocycles. The van der Waals surface area contributed by atoms with Gasteiger partial charge in [-0.1, -0.05) is 6.92 Å². The lowest BCUT2D eigenvalue weighted by atomic mass is 10.2. The zero-order chi connectivity index (χ0) is 15.5. The molecule has 8 heteroatoms. The minimum atomic E-state index is -4.00. The van der Waals surface area contributed by atoms with Crippen LogP contribution in [0.2, 0.25) is 0 Å². The summed E-state index contributed by atoms with van der Waals surface area (Å²) in [5.74, 6) is -1.74. The molecule has 0 fully saturated rings. The normalized spacial score (nSPS) is 13.2. The molecular weight excluding hydrogens is 285 g/mol. The van der Waals surface area contributed by atoms with Crippen LogP contribution in [0.1, 0.15) is 6.92 Å². The van der Waals surface area contributed by atoms with E-state index in [4.69, 9.17) is 5.73 Å². The van der Waals surface area contributed by atoms with Gasteiger partial charge in [-0.2, -0.15) is 0 Å². The van der Waals surface area contributed by atoms with Crippen LogP contribution in [-0.4, -0.2) is 39.3 Å². The van der Waals surface area contributed by atoms with Gasteiger partial charge in [0.25, 0.3) is 0 Å². The molecule has 1 rings (SSSR count). The summed E-state index contributed by atoms with van der Waals surface area (Å²) in [6, 6.07) is 3.37. The summed E-state index contributed by atoms with van der Waals surface area (Å²) in [6.45, 7) is 1.54. The fraction of sp³-hybridized carbons (Fsp3) is 0.417. The second-order valence-electron chi connectivity index (χ2n) is 4.49. The van der Waals surface area contributed by atoms with Crippen LogP contribution in [0.15, 0.2) is 23.1 Å². The molecule has 6 nitrogen and oxygen atoms in total. The quantitative estimate of drug-likeness (QED) is 0.771. The van der Waals surface area contributed by atoms with Crippen molar-refractivity contribution in [3.05, 3.63) is 24.0 Å². The Morgan fingerprint density at radius 2 is 2.10 bits per heavy atom. The van der Waals surface area contributed by atoms with Crippen molar-refractivity contribution >= 4 is 21.6 Å². The van der Waals surface area contributed by atoms with Crippen molar-refractivity contribution in [1.82, 2.24) is 9.62 Å². The number of sulfonamides is 1. The maximum Gasteiger partial charge on any atom is 0.245 e. The van der Waals surface area contributed by atoms with Crippen molar-refractivity contribution in [2.24, 2.45) is 5.92 Å². The zero-order valence-electron chi connectivity index (χ0n) is 11.6. The van der Waals surface area contributed by atoms with Crippen LogP contribution < -0.4 is 11.1 Å². The molecule has 0 aliphatic rings. The highest BCUT2D eigenvalue weighted by Gasteiger charge is 2.27. The van der Waals surface area contributed by atoms with Gasteiger partial charge in [-0.05, 0) is 18.2 Å². The van der Waals surface area contributed by atoms with E-state index in [0.29, 0.717) is 0 Å². The Hall–Kier alpha value is -1.67. The maximum absolute atomic E-state index is 13.7. The largest absolute Gasteiger partial charge is 0.399 e. The van der Waals surface area contributed by atoms with Crippen LogP contribution in [-0.2, 0) is 14.8 Å². The Labute approximate surface area is 117 Å². The smallest absolute Gasteiger partial charge is 0.245 e. The summed E-state index contributed by atoms with van der Waals surface area (Å²) in [6.07, 6.45) is 0. The molecule has 0 saturated heterocycles. The lowest BCUT2D eigenvalue weighted by Gasteiger charge is -2.20. The monoisotopic (exact) mass is 303 g/mol. The molecule has 0 saturated carbocycles. The van der Waals surface area contributed by atoms with E-state index >= 15 is 0 Å². The summed E-state index contributed by atoms with van der Waals surface area (Å²) in [4.78, 5) is 10.9. The molecular formula is C12H18FN3O3S. The number of benzene rings is 1. The van der Waals surface area contributed by atoms with Crippen LogP contribution in [0.5, 0.6) is 0 Å². The van der Waals surface area contributed by atoms with Crippen molar-refractivity contribution in [2.45, 2.75) is 11.8 Å². The number of amides is 1. The van der Waals surface area contributed by atoms with E-state index in [1.807, 2.05) is 0 Å². The number of carbonyl (C=O) groups excluding carboxylic acids is 1. The number of nitrogens with one attached hydrogen (secondary N) is 1. The Kier molecular flexibility index (Phi) is 5.07. The third-order valence-corrected chi connectivity index (χ3v) is 4.73. The van der Waals surface area contributed by atoms with E-state index in [2.05, 4.69) is 5.32 Å². The van der Waals surface area contributed by atoms with E-state index in [1.54, 1.807) is 6.92 Å². The van der Waals surface area contributed by atoms with Crippen molar-refractivity contribution in [2.75, 3.05) is 26.4 Å². The van der Waals surface area contributed by atoms with Gasteiger partial charge in [0.1, 0.15) is 10.7 Å². The van der Waals surface area contributed by atoms with E-state index in [-0.39, 0.29) is 18.1 Å². The number of nitrogens with zero attached hydrogens (tertiary/aromatic N) is 1. The van der Waals surface area contributed by atoms with Crippen molar-refractivity contribution < 1.29 is 17.6 Å². The number of hydrogen-bond acceptors (Lipinski definition) is 4. The molecule has 1 amide bonds.